The summed E-state index contributed by atoms with van der Waals surface area (Å²) in [5.74, 6) is 1.30. The third kappa shape index (κ3) is 5.28. The average molecular weight is 547 g/mol. The van der Waals surface area contributed by atoms with Crippen LogP contribution in [0.3, 0.4) is 0 Å². The van der Waals surface area contributed by atoms with Crippen LogP contribution in [0.2, 0.25) is 0 Å². The van der Waals surface area contributed by atoms with Gasteiger partial charge in [0, 0.05) is 28.7 Å². The van der Waals surface area contributed by atoms with E-state index in [2.05, 4.69) is 22.4 Å². The number of para-hydroxylation sites is 1. The van der Waals surface area contributed by atoms with Crippen LogP contribution in [0.1, 0.15) is 50.2 Å². The molecule has 1 aliphatic heterocycles. The topological polar surface area (TPSA) is 105 Å². The minimum Gasteiger partial charge on any atom is -0.616 e. The molecule has 3 aromatic rings. The van der Waals surface area contributed by atoms with Gasteiger partial charge in [-0.05, 0) is 56.0 Å². The fourth-order valence-electron chi connectivity index (χ4n) is 5.80. The monoisotopic (exact) mass is 546 g/mol. The molecule has 0 bridgehead atoms. The van der Waals surface area contributed by atoms with Crippen molar-refractivity contribution in [2.75, 3.05) is 29.5 Å². The van der Waals surface area contributed by atoms with Crippen LogP contribution in [0.15, 0.2) is 52.9 Å². The number of halogens is 1. The first-order valence-corrected chi connectivity index (χ1v) is 15.1. The number of nitrogens with zero attached hydrogens (tertiary/aromatic N) is 3. The number of aromatic nitrogens is 1. The Morgan fingerprint density at radius 1 is 1.13 bits per heavy atom. The number of nitrogens with one attached hydrogen (secondary N) is 1. The lowest BCUT2D eigenvalue weighted by Gasteiger charge is -2.32. The fraction of sp³-hybridized carbons (Fsp3) is 0.433. The summed E-state index contributed by atoms with van der Waals surface area (Å²) < 4.78 is 32.2. The van der Waals surface area contributed by atoms with Crippen LogP contribution >= 0.6 is 0 Å². The SMILES string of the molecule is N#CC1(NC(=O)[C@@H]2CCCC[C@H]2c2oc(-c3ccc(F)cc3)nc2-c2ccccc2N2CC[S+]([O-])CC2)CC1. The summed E-state index contributed by atoms with van der Waals surface area (Å²) in [5.41, 5.74) is 2.50. The van der Waals surface area contributed by atoms with Gasteiger partial charge in [0.1, 0.15) is 34.3 Å². The summed E-state index contributed by atoms with van der Waals surface area (Å²) in [4.78, 5) is 20.7. The quantitative estimate of drug-likeness (QED) is 0.428. The molecule has 3 fully saturated rings. The molecule has 1 aromatic heterocycles. The van der Waals surface area contributed by atoms with Crippen molar-refractivity contribution in [2.45, 2.75) is 50.0 Å². The Hall–Kier alpha value is -3.35. The van der Waals surface area contributed by atoms with Crippen LogP contribution in [-0.2, 0) is 16.0 Å². The molecule has 1 N–H and O–H groups in total. The molecule has 2 atom stereocenters. The first-order valence-electron chi connectivity index (χ1n) is 13.7. The van der Waals surface area contributed by atoms with Gasteiger partial charge in [-0.3, -0.25) is 4.79 Å². The average Bonchev–Trinajstić information content (AvgIpc) is 3.60. The van der Waals surface area contributed by atoms with Crippen molar-refractivity contribution in [2.24, 2.45) is 5.92 Å². The van der Waals surface area contributed by atoms with E-state index < -0.39 is 16.7 Å². The molecule has 1 amide bonds. The Morgan fingerprint density at radius 2 is 1.85 bits per heavy atom. The van der Waals surface area contributed by atoms with Crippen molar-refractivity contribution in [3.05, 3.63) is 60.1 Å². The van der Waals surface area contributed by atoms with Crippen molar-refractivity contribution in [1.29, 1.82) is 5.26 Å². The van der Waals surface area contributed by atoms with Crippen LogP contribution in [-0.4, -0.2) is 45.6 Å². The van der Waals surface area contributed by atoms with E-state index in [1.165, 1.54) is 12.1 Å². The molecule has 2 aromatic carbocycles. The Labute approximate surface area is 230 Å². The minimum atomic E-state index is -0.805. The van der Waals surface area contributed by atoms with Crippen LogP contribution in [0.25, 0.3) is 22.7 Å². The van der Waals surface area contributed by atoms with Gasteiger partial charge in [-0.1, -0.05) is 42.2 Å². The largest absolute Gasteiger partial charge is 0.616 e. The zero-order valence-corrected chi connectivity index (χ0v) is 22.5. The van der Waals surface area contributed by atoms with Gasteiger partial charge in [-0.25, -0.2) is 9.37 Å². The van der Waals surface area contributed by atoms with E-state index in [0.29, 0.717) is 66.8 Å². The Morgan fingerprint density at radius 3 is 2.56 bits per heavy atom. The number of carbonyl (C=O) groups is 1. The van der Waals surface area contributed by atoms with Crippen molar-refractivity contribution in [1.82, 2.24) is 10.3 Å². The number of hydrogen-bond donors (Lipinski definition) is 1. The highest BCUT2D eigenvalue weighted by atomic mass is 32.2. The number of amides is 1. The highest BCUT2D eigenvalue weighted by Gasteiger charge is 2.47. The molecule has 3 aliphatic rings. The molecule has 0 radical (unpaired) electrons. The van der Waals surface area contributed by atoms with Crippen molar-refractivity contribution < 1.29 is 18.2 Å². The third-order valence-electron chi connectivity index (χ3n) is 8.19. The molecule has 1 saturated heterocycles. The van der Waals surface area contributed by atoms with Crippen molar-refractivity contribution >= 4 is 22.8 Å². The zero-order chi connectivity index (χ0) is 27.0. The first-order chi connectivity index (χ1) is 19.0. The second kappa shape index (κ2) is 10.7. The Balaban J connectivity index is 1.43. The highest BCUT2D eigenvalue weighted by Crippen LogP contribution is 2.46. The van der Waals surface area contributed by atoms with Crippen LogP contribution < -0.4 is 10.2 Å². The smallest absolute Gasteiger partial charge is 0.226 e. The molecular formula is C30H31FN4O3S. The lowest BCUT2D eigenvalue weighted by atomic mass is 9.76. The van der Waals surface area contributed by atoms with E-state index in [-0.39, 0.29) is 23.6 Å². The highest BCUT2D eigenvalue weighted by molar-refractivity contribution is 7.91. The number of hydrogen-bond acceptors (Lipinski definition) is 6. The maximum Gasteiger partial charge on any atom is 0.226 e. The lowest BCUT2D eigenvalue weighted by molar-refractivity contribution is -0.127. The van der Waals surface area contributed by atoms with E-state index in [9.17, 15) is 19.0 Å². The molecule has 9 heteroatoms. The van der Waals surface area contributed by atoms with Gasteiger partial charge in [0.2, 0.25) is 11.8 Å². The second-order valence-corrected chi connectivity index (χ2v) is 12.5. The Bertz CT molecular complexity index is 1390. The number of anilines is 1. The summed E-state index contributed by atoms with van der Waals surface area (Å²) in [7, 11) is 0. The van der Waals surface area contributed by atoms with E-state index >= 15 is 0 Å². The summed E-state index contributed by atoms with van der Waals surface area (Å²) in [5, 5.41) is 12.6. The predicted molar refractivity (Wildman–Crippen MR) is 148 cm³/mol. The molecule has 7 nitrogen and oxygen atoms in total. The summed E-state index contributed by atoms with van der Waals surface area (Å²) in [6.07, 6.45) is 4.75. The van der Waals surface area contributed by atoms with Gasteiger partial charge < -0.3 is 19.2 Å². The maximum atomic E-state index is 13.7. The summed E-state index contributed by atoms with van der Waals surface area (Å²) in [6, 6.07) is 16.3. The van der Waals surface area contributed by atoms with Crippen molar-refractivity contribution in [3.8, 4) is 28.8 Å². The normalized spacial score (nSPS) is 22.7. The van der Waals surface area contributed by atoms with Crippen molar-refractivity contribution in [3.63, 3.8) is 0 Å². The molecule has 2 heterocycles. The van der Waals surface area contributed by atoms with Gasteiger partial charge in [0.05, 0.1) is 19.2 Å². The van der Waals surface area contributed by atoms with Gasteiger partial charge >= 0.3 is 0 Å². The molecule has 2 saturated carbocycles. The standard InChI is InChI=1S/C30H31FN4O3S/c31-21-11-9-20(10-12-21)29-33-26(24-7-3-4-8-25(24)35-15-17-39(37)18-16-35)27(38-29)22-5-1-2-6-23(22)28(36)34-30(19-32)13-14-30/h3-4,7-12,22-23H,1-2,5-6,13-18H2,(H,34,36)/t22-,23-/m1/s1. The Kier molecular flexibility index (Phi) is 7.08. The molecule has 0 spiro atoms. The number of oxazole rings is 1. The van der Waals surface area contributed by atoms with Gasteiger partial charge in [0.15, 0.2) is 0 Å². The fourth-order valence-corrected chi connectivity index (χ4v) is 6.85. The van der Waals surface area contributed by atoms with Crippen LogP contribution in [0, 0.1) is 23.1 Å². The van der Waals surface area contributed by atoms with E-state index in [4.69, 9.17) is 9.40 Å². The molecule has 6 rings (SSSR count). The third-order valence-corrected chi connectivity index (χ3v) is 9.46. The van der Waals surface area contributed by atoms with Crippen LogP contribution in [0.4, 0.5) is 10.1 Å². The lowest BCUT2D eigenvalue weighted by Crippen LogP contribution is -2.42. The summed E-state index contributed by atoms with van der Waals surface area (Å²) >= 11 is -0.805. The maximum absolute atomic E-state index is 13.7. The number of carbonyl (C=O) groups excluding carboxylic acids is 1. The molecule has 0 unspecified atom stereocenters. The van der Waals surface area contributed by atoms with E-state index in [1.54, 1.807) is 12.1 Å². The number of benzene rings is 2. The second-order valence-electron chi connectivity index (χ2n) is 10.8. The molecule has 2 aliphatic carbocycles. The molecule has 39 heavy (non-hydrogen) atoms. The molecular weight excluding hydrogens is 515 g/mol. The predicted octanol–water partition coefficient (Wildman–Crippen LogP) is 5.16. The summed E-state index contributed by atoms with van der Waals surface area (Å²) in [6.45, 7) is 1.37. The van der Waals surface area contributed by atoms with Gasteiger partial charge in [0.25, 0.3) is 0 Å². The molecule has 202 valence electrons. The van der Waals surface area contributed by atoms with Crippen LogP contribution in [0.5, 0.6) is 0 Å². The number of rotatable bonds is 6. The van der Waals surface area contributed by atoms with Gasteiger partial charge in [-0.2, -0.15) is 5.26 Å². The van der Waals surface area contributed by atoms with E-state index in [1.807, 2.05) is 18.2 Å². The minimum absolute atomic E-state index is 0.101. The number of nitriles is 1. The van der Waals surface area contributed by atoms with E-state index in [0.717, 1.165) is 30.5 Å². The zero-order valence-electron chi connectivity index (χ0n) is 21.7. The van der Waals surface area contributed by atoms with Gasteiger partial charge in [-0.15, -0.1) is 0 Å². The first kappa shape index (κ1) is 25.9.